The maximum Gasteiger partial charge on any atom is 0.490 e. The van der Waals surface area contributed by atoms with E-state index < -0.39 is 22.2 Å². The molecule has 3 heterocycles. The van der Waals surface area contributed by atoms with Gasteiger partial charge < -0.3 is 14.7 Å². The highest BCUT2D eigenvalue weighted by Crippen LogP contribution is 2.37. The van der Waals surface area contributed by atoms with Gasteiger partial charge in [-0.3, -0.25) is 9.78 Å². The van der Waals surface area contributed by atoms with Gasteiger partial charge in [0.15, 0.2) is 0 Å². The number of benzene rings is 1. The molecule has 1 fully saturated rings. The number of fused-ring (bicyclic) bond motifs is 2. The number of hydrogen-bond donors (Lipinski definition) is 1. The number of para-hydroxylation sites is 1. The number of ether oxygens (including phenoxy) is 1. The molecule has 37 heavy (non-hydrogen) atoms. The Labute approximate surface area is 212 Å². The van der Waals surface area contributed by atoms with Gasteiger partial charge in [0.2, 0.25) is 10.0 Å². The summed E-state index contributed by atoms with van der Waals surface area (Å²) in [7, 11) is -3.69. The van der Waals surface area contributed by atoms with Crippen LogP contribution in [0.1, 0.15) is 37.0 Å². The quantitative estimate of drug-likeness (QED) is 0.631. The third kappa shape index (κ3) is 6.77. The normalized spacial score (nSPS) is 21.3. The van der Waals surface area contributed by atoms with Crippen LogP contribution in [0.15, 0.2) is 53.7 Å². The zero-order chi connectivity index (χ0) is 27.4. The van der Waals surface area contributed by atoms with Crippen LogP contribution in [0.25, 0.3) is 0 Å². The van der Waals surface area contributed by atoms with Crippen molar-refractivity contribution in [3.63, 3.8) is 0 Å². The summed E-state index contributed by atoms with van der Waals surface area (Å²) in [5, 5.41) is 7.12. The van der Waals surface area contributed by atoms with Gasteiger partial charge in [-0.05, 0) is 36.6 Å². The minimum Gasteiger partial charge on any atom is -0.487 e. The van der Waals surface area contributed by atoms with E-state index in [0.29, 0.717) is 43.8 Å². The number of nitrogens with zero attached hydrogens (tertiary/aromatic N) is 3. The predicted molar refractivity (Wildman–Crippen MR) is 126 cm³/mol. The number of amides is 1. The molecule has 202 valence electrons. The topological polar surface area (TPSA) is 117 Å². The zero-order valence-electron chi connectivity index (χ0n) is 20.3. The molecular weight excluding hydrogens is 515 g/mol. The first-order valence-electron chi connectivity index (χ1n) is 11.6. The van der Waals surface area contributed by atoms with Crippen LogP contribution in [0.3, 0.4) is 0 Å². The number of hydrogen-bond acceptors (Lipinski definition) is 6. The van der Waals surface area contributed by atoms with E-state index >= 15 is 0 Å². The van der Waals surface area contributed by atoms with E-state index in [2.05, 4.69) is 4.98 Å². The number of aromatic nitrogens is 1. The van der Waals surface area contributed by atoms with Crippen LogP contribution in [0.2, 0.25) is 0 Å². The summed E-state index contributed by atoms with van der Waals surface area (Å²) in [5.41, 5.74) is 0.588. The maximum absolute atomic E-state index is 13.5. The molecule has 0 spiro atoms. The van der Waals surface area contributed by atoms with E-state index in [0.717, 1.165) is 0 Å². The van der Waals surface area contributed by atoms with E-state index in [1.165, 1.54) is 0 Å². The minimum atomic E-state index is -5.08. The molecule has 0 aliphatic carbocycles. The molecule has 2 aliphatic rings. The standard InChI is InChI=1S/C22H27N3O4S.C2HF3O2/c1-16(2)15-25-18-9-13-24(22(26)17-7-11-23-12-8-17)14-10-19(18)29-20-5-3-4-6-21(20)30(25,27)28;3-2(4,5)1(6)7/h3-8,11-12,16,18-19H,9-10,13-15H2,1-2H3;(H,6,7)/t18-,19-;/m0./s1. The first-order chi connectivity index (χ1) is 17.3. The molecule has 1 amide bonds. The number of sulfonamides is 1. The SMILES string of the molecule is CC(C)CN1[C@H]2CCN(C(=O)c3ccncc3)CC[C@@H]2Oc2ccccc2S1(=O)=O.O=C(O)C(F)(F)F. The van der Waals surface area contributed by atoms with Crippen LogP contribution in [-0.4, -0.2) is 77.5 Å². The van der Waals surface area contributed by atoms with Gasteiger partial charge in [-0.1, -0.05) is 26.0 Å². The molecule has 2 atom stereocenters. The number of rotatable bonds is 3. The predicted octanol–water partition coefficient (Wildman–Crippen LogP) is 3.43. The van der Waals surface area contributed by atoms with Crippen molar-refractivity contribution in [3.05, 3.63) is 54.4 Å². The lowest BCUT2D eigenvalue weighted by Gasteiger charge is -2.32. The summed E-state index contributed by atoms with van der Waals surface area (Å²) in [6, 6.07) is 9.93. The molecule has 2 aromatic rings. The second kappa shape index (κ2) is 11.5. The lowest BCUT2D eigenvalue weighted by molar-refractivity contribution is -0.192. The molecule has 1 aromatic carbocycles. The molecule has 2 aliphatic heterocycles. The molecular formula is C24H28F3N3O6S. The van der Waals surface area contributed by atoms with E-state index in [4.69, 9.17) is 14.6 Å². The minimum absolute atomic E-state index is 0.0625. The lowest BCUT2D eigenvalue weighted by Crippen LogP contribution is -2.48. The smallest absolute Gasteiger partial charge is 0.487 e. The third-order valence-corrected chi connectivity index (χ3v) is 7.82. The van der Waals surface area contributed by atoms with Crippen LogP contribution in [0.5, 0.6) is 5.75 Å². The van der Waals surface area contributed by atoms with Crippen molar-refractivity contribution in [3.8, 4) is 5.75 Å². The second-order valence-electron chi connectivity index (χ2n) is 9.05. The number of halogens is 3. The van der Waals surface area contributed by atoms with Gasteiger partial charge in [0, 0.05) is 44.0 Å². The summed E-state index contributed by atoms with van der Waals surface area (Å²) in [6.45, 7) is 5.43. The molecule has 1 aromatic heterocycles. The Morgan fingerprint density at radius 1 is 1.11 bits per heavy atom. The number of aliphatic carboxylic acids is 1. The van der Waals surface area contributed by atoms with Gasteiger partial charge in [-0.2, -0.15) is 17.5 Å². The van der Waals surface area contributed by atoms with Crippen LogP contribution in [0, 0.1) is 5.92 Å². The van der Waals surface area contributed by atoms with E-state index in [-0.39, 0.29) is 28.9 Å². The number of pyridine rings is 1. The Kier molecular flexibility index (Phi) is 8.80. The van der Waals surface area contributed by atoms with E-state index in [1.807, 2.05) is 13.8 Å². The van der Waals surface area contributed by atoms with Gasteiger partial charge >= 0.3 is 12.1 Å². The molecule has 0 radical (unpaired) electrons. The average molecular weight is 544 g/mol. The van der Waals surface area contributed by atoms with Crippen molar-refractivity contribution < 1.29 is 41.0 Å². The molecule has 1 N–H and O–H groups in total. The number of carboxylic acid groups (broad SMARTS) is 1. The second-order valence-corrected chi connectivity index (χ2v) is 10.9. The lowest BCUT2D eigenvalue weighted by atomic mass is 10.0. The van der Waals surface area contributed by atoms with Crippen molar-refractivity contribution in [2.75, 3.05) is 19.6 Å². The van der Waals surface area contributed by atoms with Gasteiger partial charge in [-0.25, -0.2) is 13.2 Å². The fraction of sp³-hybridized carbons (Fsp3) is 0.458. The number of likely N-dealkylation sites (tertiary alicyclic amines) is 1. The van der Waals surface area contributed by atoms with Gasteiger partial charge in [0.05, 0.1) is 6.04 Å². The van der Waals surface area contributed by atoms with Crippen LogP contribution in [-0.2, 0) is 14.8 Å². The summed E-state index contributed by atoms with van der Waals surface area (Å²) >= 11 is 0. The Morgan fingerprint density at radius 3 is 2.30 bits per heavy atom. The third-order valence-electron chi connectivity index (χ3n) is 5.89. The Morgan fingerprint density at radius 2 is 1.70 bits per heavy atom. The fourth-order valence-electron chi connectivity index (χ4n) is 4.23. The molecule has 0 saturated carbocycles. The number of carbonyl (C=O) groups excluding carboxylic acids is 1. The largest absolute Gasteiger partial charge is 0.490 e. The van der Waals surface area contributed by atoms with Gasteiger partial charge in [-0.15, -0.1) is 0 Å². The van der Waals surface area contributed by atoms with Gasteiger partial charge in [0.1, 0.15) is 16.7 Å². The molecule has 1 saturated heterocycles. The molecule has 0 unspecified atom stereocenters. The zero-order valence-corrected chi connectivity index (χ0v) is 21.1. The molecule has 13 heteroatoms. The molecule has 9 nitrogen and oxygen atoms in total. The highest BCUT2D eigenvalue weighted by Gasteiger charge is 2.44. The number of carboxylic acids is 1. The van der Waals surface area contributed by atoms with E-state index in [1.54, 1.807) is 58.0 Å². The molecule has 4 rings (SSSR count). The van der Waals surface area contributed by atoms with Crippen LogP contribution < -0.4 is 4.74 Å². The maximum atomic E-state index is 13.5. The number of alkyl halides is 3. The van der Waals surface area contributed by atoms with E-state index in [9.17, 15) is 26.4 Å². The Bertz CT molecular complexity index is 1210. The highest BCUT2D eigenvalue weighted by atomic mass is 32.2. The number of carbonyl (C=O) groups is 2. The summed E-state index contributed by atoms with van der Waals surface area (Å²) in [6.07, 6.45) is -1.09. The summed E-state index contributed by atoms with van der Waals surface area (Å²) < 4.78 is 66.6. The summed E-state index contributed by atoms with van der Waals surface area (Å²) in [5.74, 6) is -2.25. The molecule has 0 bridgehead atoms. The first kappa shape index (κ1) is 28.4. The highest BCUT2D eigenvalue weighted by molar-refractivity contribution is 7.89. The average Bonchev–Trinajstić information content (AvgIpc) is 3.08. The van der Waals surface area contributed by atoms with Crippen molar-refractivity contribution in [1.82, 2.24) is 14.2 Å². The van der Waals surface area contributed by atoms with Crippen molar-refractivity contribution in [2.45, 2.75) is 49.9 Å². The monoisotopic (exact) mass is 543 g/mol. The summed E-state index contributed by atoms with van der Waals surface area (Å²) in [4.78, 5) is 27.8. The Hall–Kier alpha value is -3.19. The first-order valence-corrected chi connectivity index (χ1v) is 13.0. The van der Waals surface area contributed by atoms with Crippen LogP contribution in [0.4, 0.5) is 13.2 Å². The van der Waals surface area contributed by atoms with Crippen molar-refractivity contribution >= 4 is 21.9 Å². The fourth-order valence-corrected chi connectivity index (χ4v) is 6.20. The van der Waals surface area contributed by atoms with Crippen molar-refractivity contribution in [1.29, 1.82) is 0 Å². The van der Waals surface area contributed by atoms with Gasteiger partial charge in [0.25, 0.3) is 5.91 Å². The Balaban J connectivity index is 0.000000479. The van der Waals surface area contributed by atoms with Crippen molar-refractivity contribution in [2.24, 2.45) is 5.92 Å². The van der Waals surface area contributed by atoms with Crippen LogP contribution >= 0.6 is 0 Å².